The molecule has 1 aromatic carbocycles. The summed E-state index contributed by atoms with van der Waals surface area (Å²) in [6, 6.07) is 5.62. The smallest absolute Gasteiger partial charge is 0.312 e. The van der Waals surface area contributed by atoms with E-state index in [1.807, 2.05) is 11.8 Å². The van der Waals surface area contributed by atoms with Crippen molar-refractivity contribution in [3.63, 3.8) is 0 Å². The monoisotopic (exact) mass is 317 g/mol. The van der Waals surface area contributed by atoms with Gasteiger partial charge in [0.2, 0.25) is 0 Å². The first-order chi connectivity index (χ1) is 10.0. The largest absolute Gasteiger partial charge is 0.416 e. The summed E-state index contributed by atoms with van der Waals surface area (Å²) in [6.07, 6.45) is 0.996. The summed E-state index contributed by atoms with van der Waals surface area (Å²) in [7, 11) is 1.81. The molecule has 1 nitrogen and oxygen atoms in total. The van der Waals surface area contributed by atoms with Crippen molar-refractivity contribution in [1.29, 1.82) is 0 Å². The molecule has 1 saturated carbocycles. The molecule has 1 atom stereocenters. The first-order valence-corrected chi connectivity index (χ1v) is 8.58. The maximum atomic E-state index is 12.8. The fraction of sp³-hybridized carbons (Fsp3) is 0.625. The molecule has 118 valence electrons. The van der Waals surface area contributed by atoms with E-state index in [4.69, 9.17) is 0 Å². The minimum Gasteiger partial charge on any atom is -0.312 e. The van der Waals surface area contributed by atoms with Gasteiger partial charge in [0.25, 0.3) is 0 Å². The van der Waals surface area contributed by atoms with Crippen LogP contribution in [0, 0.1) is 5.92 Å². The Bertz CT molecular complexity index is 441. The third kappa shape index (κ3) is 4.92. The third-order valence-corrected chi connectivity index (χ3v) is 5.35. The highest BCUT2D eigenvalue weighted by Gasteiger charge is 2.30. The van der Waals surface area contributed by atoms with Gasteiger partial charge in [-0.25, -0.2) is 0 Å². The minimum absolute atomic E-state index is 0.0290. The van der Waals surface area contributed by atoms with Crippen LogP contribution < -0.4 is 5.32 Å². The highest BCUT2D eigenvalue weighted by Crippen LogP contribution is 2.32. The van der Waals surface area contributed by atoms with E-state index in [2.05, 4.69) is 5.32 Å². The maximum absolute atomic E-state index is 12.8. The third-order valence-electron chi connectivity index (χ3n) is 4.08. The standard InChI is InChI=1S/C16H22F3NS/c1-20-15(11-21-10-12-5-2-3-6-12)13-7-4-8-14(9-13)16(17,18)19/h4,7-9,12,15,20H,2-3,5-6,10-11H2,1H3. The second-order valence-electron chi connectivity index (χ2n) is 5.65. The molecule has 0 bridgehead atoms. The molecule has 2 rings (SSSR count). The van der Waals surface area contributed by atoms with Crippen LogP contribution in [0.3, 0.4) is 0 Å². The average molecular weight is 317 g/mol. The zero-order valence-corrected chi connectivity index (χ0v) is 13.1. The lowest BCUT2D eigenvalue weighted by molar-refractivity contribution is -0.137. The van der Waals surface area contributed by atoms with Crippen molar-refractivity contribution >= 4 is 11.8 Å². The van der Waals surface area contributed by atoms with Crippen molar-refractivity contribution < 1.29 is 13.2 Å². The van der Waals surface area contributed by atoms with Crippen molar-refractivity contribution in [3.05, 3.63) is 35.4 Å². The van der Waals surface area contributed by atoms with Gasteiger partial charge >= 0.3 is 6.18 Å². The summed E-state index contributed by atoms with van der Waals surface area (Å²) in [6.45, 7) is 0. The van der Waals surface area contributed by atoms with Gasteiger partial charge in [-0.3, -0.25) is 0 Å². The Labute approximate surface area is 128 Å². The topological polar surface area (TPSA) is 12.0 Å². The first kappa shape index (κ1) is 16.7. The molecule has 0 radical (unpaired) electrons. The lowest BCUT2D eigenvalue weighted by Gasteiger charge is -2.19. The highest BCUT2D eigenvalue weighted by atomic mass is 32.2. The normalized spacial score (nSPS) is 18.1. The number of benzene rings is 1. The van der Waals surface area contributed by atoms with Crippen molar-refractivity contribution in [2.24, 2.45) is 5.92 Å². The van der Waals surface area contributed by atoms with Gasteiger partial charge in [-0.2, -0.15) is 24.9 Å². The van der Waals surface area contributed by atoms with Gasteiger partial charge in [-0.05, 0) is 49.3 Å². The van der Waals surface area contributed by atoms with Gasteiger partial charge in [-0.15, -0.1) is 0 Å². The predicted octanol–water partition coefficient (Wildman–Crippen LogP) is 4.89. The summed E-state index contributed by atoms with van der Waals surface area (Å²) in [5, 5.41) is 3.13. The van der Waals surface area contributed by atoms with Crippen molar-refractivity contribution in [2.75, 3.05) is 18.6 Å². The molecule has 5 heteroatoms. The predicted molar refractivity (Wildman–Crippen MR) is 82.5 cm³/mol. The van der Waals surface area contributed by atoms with Crippen LogP contribution in [-0.4, -0.2) is 18.6 Å². The summed E-state index contributed by atoms with van der Waals surface area (Å²) in [4.78, 5) is 0. The zero-order valence-electron chi connectivity index (χ0n) is 12.2. The van der Waals surface area contributed by atoms with Crippen LogP contribution in [0.4, 0.5) is 13.2 Å². The molecule has 0 aliphatic heterocycles. The summed E-state index contributed by atoms with van der Waals surface area (Å²) < 4.78 is 38.3. The highest BCUT2D eigenvalue weighted by molar-refractivity contribution is 7.99. The molecule has 1 N–H and O–H groups in total. The quantitative estimate of drug-likeness (QED) is 0.802. The van der Waals surface area contributed by atoms with Crippen LogP contribution in [-0.2, 0) is 6.18 Å². The van der Waals surface area contributed by atoms with Gasteiger partial charge in [0.15, 0.2) is 0 Å². The van der Waals surface area contributed by atoms with Crippen LogP contribution in [0.25, 0.3) is 0 Å². The summed E-state index contributed by atoms with van der Waals surface area (Å²) in [5.74, 6) is 2.74. The fourth-order valence-corrected chi connectivity index (χ4v) is 4.21. The molecule has 1 unspecified atom stereocenters. The van der Waals surface area contributed by atoms with Crippen LogP contribution >= 0.6 is 11.8 Å². The molecule has 0 spiro atoms. The molecule has 1 aromatic rings. The summed E-state index contributed by atoms with van der Waals surface area (Å²) >= 11 is 1.85. The average Bonchev–Trinajstić information content (AvgIpc) is 2.96. The van der Waals surface area contributed by atoms with Crippen molar-refractivity contribution in [3.8, 4) is 0 Å². The molecular formula is C16H22F3NS. The lowest BCUT2D eigenvalue weighted by Crippen LogP contribution is -2.20. The fourth-order valence-electron chi connectivity index (χ4n) is 2.81. The second-order valence-corrected chi connectivity index (χ2v) is 6.73. The van der Waals surface area contributed by atoms with Gasteiger partial charge in [0, 0.05) is 11.8 Å². The number of nitrogens with one attached hydrogen (secondary N) is 1. The lowest BCUT2D eigenvalue weighted by atomic mass is 10.1. The van der Waals surface area contributed by atoms with Crippen LogP contribution in [0.15, 0.2) is 24.3 Å². The molecule has 1 aliphatic rings. The summed E-state index contributed by atoms with van der Waals surface area (Å²) in [5.41, 5.74) is 0.146. The molecule has 0 heterocycles. The van der Waals surface area contributed by atoms with E-state index in [1.165, 1.54) is 37.8 Å². The molecule has 1 fully saturated rings. The molecule has 0 aromatic heterocycles. The Morgan fingerprint density at radius 2 is 2.00 bits per heavy atom. The molecule has 1 aliphatic carbocycles. The Balaban J connectivity index is 1.93. The SMILES string of the molecule is CNC(CSCC1CCCC1)c1cccc(C(F)(F)F)c1. The van der Waals surface area contributed by atoms with E-state index in [0.29, 0.717) is 5.56 Å². The Morgan fingerprint density at radius 3 is 2.62 bits per heavy atom. The van der Waals surface area contributed by atoms with Crippen LogP contribution in [0.2, 0.25) is 0 Å². The number of halogens is 3. The van der Waals surface area contributed by atoms with Crippen LogP contribution in [0.1, 0.15) is 42.9 Å². The Kier molecular flexibility index (Phi) is 5.99. The van der Waals surface area contributed by atoms with E-state index in [1.54, 1.807) is 13.1 Å². The molecule has 0 saturated heterocycles. The Morgan fingerprint density at radius 1 is 1.29 bits per heavy atom. The van der Waals surface area contributed by atoms with E-state index >= 15 is 0 Å². The van der Waals surface area contributed by atoms with Gasteiger partial charge < -0.3 is 5.32 Å². The number of thioether (sulfide) groups is 1. The molecule has 21 heavy (non-hydrogen) atoms. The first-order valence-electron chi connectivity index (χ1n) is 7.43. The number of hydrogen-bond donors (Lipinski definition) is 1. The van der Waals surface area contributed by atoms with E-state index < -0.39 is 11.7 Å². The molecular weight excluding hydrogens is 295 g/mol. The Hall–Kier alpha value is -0.680. The van der Waals surface area contributed by atoms with Gasteiger partial charge in [0.05, 0.1) is 5.56 Å². The van der Waals surface area contributed by atoms with E-state index in [0.717, 1.165) is 23.5 Å². The van der Waals surface area contributed by atoms with E-state index in [9.17, 15) is 13.2 Å². The van der Waals surface area contributed by atoms with Crippen molar-refractivity contribution in [1.82, 2.24) is 5.32 Å². The van der Waals surface area contributed by atoms with Crippen LogP contribution in [0.5, 0.6) is 0 Å². The maximum Gasteiger partial charge on any atom is 0.416 e. The minimum atomic E-state index is -4.27. The number of rotatable bonds is 6. The second kappa shape index (κ2) is 7.54. The molecule has 0 amide bonds. The number of hydrogen-bond acceptors (Lipinski definition) is 2. The van der Waals surface area contributed by atoms with Gasteiger partial charge in [-0.1, -0.05) is 25.0 Å². The zero-order chi connectivity index (χ0) is 15.3. The number of alkyl halides is 3. The van der Waals surface area contributed by atoms with Gasteiger partial charge in [0.1, 0.15) is 0 Å². The van der Waals surface area contributed by atoms with Crippen molar-refractivity contribution in [2.45, 2.75) is 37.9 Å². The van der Waals surface area contributed by atoms with E-state index in [-0.39, 0.29) is 6.04 Å².